The molecule has 0 aliphatic heterocycles. The Labute approximate surface area is 141 Å². The molecule has 0 aromatic heterocycles. The van der Waals surface area contributed by atoms with Crippen molar-refractivity contribution in [2.75, 3.05) is 40.4 Å². The summed E-state index contributed by atoms with van der Waals surface area (Å²) in [6.45, 7) is 10.6. The molecule has 3 atom stereocenters. The molecule has 23 heavy (non-hydrogen) atoms. The third-order valence-electron chi connectivity index (χ3n) is 5.03. The van der Waals surface area contributed by atoms with E-state index in [1.54, 1.807) is 0 Å². The van der Waals surface area contributed by atoms with Gasteiger partial charge in [0, 0.05) is 38.1 Å². The molecule has 1 saturated carbocycles. The quantitative estimate of drug-likeness (QED) is 0.625. The Morgan fingerprint density at radius 2 is 2.00 bits per heavy atom. The van der Waals surface area contributed by atoms with Crippen molar-refractivity contribution >= 4 is 5.91 Å². The molecule has 0 aromatic carbocycles. The van der Waals surface area contributed by atoms with Gasteiger partial charge in [-0.25, -0.2) is 0 Å². The largest absolute Gasteiger partial charge is 0.378 e. The fourth-order valence-electron chi connectivity index (χ4n) is 3.07. The summed E-state index contributed by atoms with van der Waals surface area (Å²) in [5, 5.41) is 2.99. The van der Waals surface area contributed by atoms with Crippen molar-refractivity contribution in [1.29, 1.82) is 0 Å². The maximum Gasteiger partial charge on any atom is 0.240 e. The fraction of sp³-hybridized carbons (Fsp3) is 0.941. The lowest BCUT2D eigenvalue weighted by atomic mass is 9.54. The van der Waals surface area contributed by atoms with E-state index in [1.165, 1.54) is 0 Å². The van der Waals surface area contributed by atoms with Crippen LogP contribution in [0, 0.1) is 5.41 Å². The van der Waals surface area contributed by atoms with Gasteiger partial charge in [0.25, 0.3) is 0 Å². The van der Waals surface area contributed by atoms with Gasteiger partial charge in [-0.2, -0.15) is 0 Å². The number of carbonyl (C=O) groups excluding carboxylic acids is 1. The Kier molecular flexibility index (Phi) is 7.45. The number of hydrogen-bond acceptors (Lipinski definition) is 5. The molecule has 136 valence electrons. The first-order valence-corrected chi connectivity index (χ1v) is 8.64. The number of ether oxygens (including phenoxy) is 2. The summed E-state index contributed by atoms with van der Waals surface area (Å²) in [5.41, 5.74) is 5.15. The average Bonchev–Trinajstić information content (AvgIpc) is 2.49. The van der Waals surface area contributed by atoms with Crippen LogP contribution in [0.3, 0.4) is 0 Å². The third-order valence-corrected chi connectivity index (χ3v) is 5.03. The van der Waals surface area contributed by atoms with Crippen molar-refractivity contribution in [3.8, 4) is 0 Å². The molecule has 0 spiro atoms. The molecular formula is C17H35N3O3. The topological polar surface area (TPSA) is 76.8 Å². The lowest BCUT2D eigenvalue weighted by Crippen LogP contribution is -2.76. The summed E-state index contributed by atoms with van der Waals surface area (Å²) in [4.78, 5) is 14.7. The Morgan fingerprint density at radius 1 is 1.35 bits per heavy atom. The smallest absolute Gasteiger partial charge is 0.240 e. The van der Waals surface area contributed by atoms with Crippen LogP contribution in [0.15, 0.2) is 0 Å². The van der Waals surface area contributed by atoms with Crippen molar-refractivity contribution in [2.24, 2.45) is 11.1 Å². The van der Waals surface area contributed by atoms with Crippen LogP contribution in [0.4, 0.5) is 0 Å². The van der Waals surface area contributed by atoms with E-state index in [4.69, 9.17) is 15.2 Å². The minimum Gasteiger partial charge on any atom is -0.378 e. The SMILES string of the molecule is CCOC(CCN(C)C)CNC(=O)C1(N)CC(OCC)C1(C)C. The van der Waals surface area contributed by atoms with E-state index in [1.807, 2.05) is 41.8 Å². The number of hydrogen-bond donors (Lipinski definition) is 2. The number of amides is 1. The molecular weight excluding hydrogens is 294 g/mol. The van der Waals surface area contributed by atoms with Gasteiger partial charge < -0.3 is 25.4 Å². The monoisotopic (exact) mass is 329 g/mol. The van der Waals surface area contributed by atoms with E-state index >= 15 is 0 Å². The van der Waals surface area contributed by atoms with Crippen molar-refractivity contribution in [3.63, 3.8) is 0 Å². The van der Waals surface area contributed by atoms with Crippen LogP contribution in [0.25, 0.3) is 0 Å². The molecule has 1 amide bonds. The third kappa shape index (κ3) is 4.66. The number of nitrogens with two attached hydrogens (primary N) is 1. The lowest BCUT2D eigenvalue weighted by molar-refractivity contribution is -0.171. The summed E-state index contributed by atoms with van der Waals surface area (Å²) in [6.07, 6.45) is 1.50. The van der Waals surface area contributed by atoms with Gasteiger partial charge in [-0.3, -0.25) is 4.79 Å². The molecule has 1 fully saturated rings. The van der Waals surface area contributed by atoms with Gasteiger partial charge in [-0.05, 0) is 34.4 Å². The number of nitrogens with zero attached hydrogens (tertiary/aromatic N) is 1. The molecule has 0 bridgehead atoms. The maximum absolute atomic E-state index is 12.6. The molecule has 0 heterocycles. The van der Waals surface area contributed by atoms with E-state index in [-0.39, 0.29) is 23.5 Å². The van der Waals surface area contributed by atoms with Crippen molar-refractivity contribution in [1.82, 2.24) is 10.2 Å². The lowest BCUT2D eigenvalue weighted by Gasteiger charge is -2.57. The predicted molar refractivity (Wildman–Crippen MR) is 92.3 cm³/mol. The molecule has 1 aliphatic carbocycles. The molecule has 6 heteroatoms. The van der Waals surface area contributed by atoms with Gasteiger partial charge in [0.1, 0.15) is 5.54 Å². The zero-order valence-electron chi connectivity index (χ0n) is 15.6. The summed E-state index contributed by atoms with van der Waals surface area (Å²) in [7, 11) is 4.06. The van der Waals surface area contributed by atoms with Crippen LogP contribution >= 0.6 is 0 Å². The number of nitrogens with one attached hydrogen (secondary N) is 1. The fourth-order valence-corrected chi connectivity index (χ4v) is 3.07. The molecule has 3 N–H and O–H groups in total. The predicted octanol–water partition coefficient (Wildman–Crippen LogP) is 0.992. The highest BCUT2D eigenvalue weighted by atomic mass is 16.5. The Bertz CT molecular complexity index is 387. The van der Waals surface area contributed by atoms with Gasteiger partial charge in [-0.1, -0.05) is 13.8 Å². The molecule has 0 saturated heterocycles. The van der Waals surface area contributed by atoms with E-state index in [9.17, 15) is 4.79 Å². The molecule has 0 radical (unpaired) electrons. The molecule has 3 unspecified atom stereocenters. The van der Waals surface area contributed by atoms with Crippen LogP contribution in [0.5, 0.6) is 0 Å². The van der Waals surface area contributed by atoms with Crippen LogP contribution < -0.4 is 11.1 Å². The Balaban J connectivity index is 2.54. The minimum absolute atomic E-state index is 0.0147. The number of rotatable bonds is 10. The first kappa shape index (κ1) is 20.4. The Hall–Kier alpha value is -0.690. The van der Waals surface area contributed by atoms with Gasteiger partial charge >= 0.3 is 0 Å². The second-order valence-electron chi connectivity index (χ2n) is 7.22. The van der Waals surface area contributed by atoms with E-state index in [0.717, 1.165) is 13.0 Å². The Morgan fingerprint density at radius 3 is 2.48 bits per heavy atom. The van der Waals surface area contributed by atoms with Gasteiger partial charge in [-0.15, -0.1) is 0 Å². The van der Waals surface area contributed by atoms with Crippen molar-refractivity contribution < 1.29 is 14.3 Å². The first-order valence-electron chi connectivity index (χ1n) is 8.64. The van der Waals surface area contributed by atoms with E-state index in [2.05, 4.69) is 10.2 Å². The highest BCUT2D eigenvalue weighted by Crippen LogP contribution is 2.49. The first-order chi connectivity index (χ1) is 10.7. The van der Waals surface area contributed by atoms with Gasteiger partial charge in [0.15, 0.2) is 0 Å². The van der Waals surface area contributed by atoms with Crippen LogP contribution in [0.2, 0.25) is 0 Å². The standard InChI is InChI=1S/C17H35N3O3/c1-7-22-13(9-10-20(5)6)12-19-15(21)17(18)11-14(23-8-2)16(17,3)4/h13-14H,7-12,18H2,1-6H3,(H,19,21). The summed E-state index contributed by atoms with van der Waals surface area (Å²) < 4.78 is 11.4. The normalized spacial score (nSPS) is 27.6. The summed E-state index contributed by atoms with van der Waals surface area (Å²) in [6, 6.07) is 0. The summed E-state index contributed by atoms with van der Waals surface area (Å²) >= 11 is 0. The van der Waals surface area contributed by atoms with Crippen LogP contribution in [-0.4, -0.2) is 69.0 Å². The highest BCUT2D eigenvalue weighted by Gasteiger charge is 2.62. The van der Waals surface area contributed by atoms with Crippen LogP contribution in [0.1, 0.15) is 40.5 Å². The van der Waals surface area contributed by atoms with Crippen molar-refractivity contribution in [3.05, 3.63) is 0 Å². The van der Waals surface area contributed by atoms with Gasteiger partial charge in [0.05, 0.1) is 12.2 Å². The molecule has 6 nitrogen and oxygen atoms in total. The molecule has 0 aromatic rings. The maximum atomic E-state index is 12.6. The molecule has 1 rings (SSSR count). The zero-order chi connectivity index (χ0) is 17.7. The second-order valence-corrected chi connectivity index (χ2v) is 7.22. The second kappa shape index (κ2) is 8.42. The molecule has 1 aliphatic rings. The van der Waals surface area contributed by atoms with E-state index in [0.29, 0.717) is 26.2 Å². The van der Waals surface area contributed by atoms with Gasteiger partial charge in [0.2, 0.25) is 5.91 Å². The van der Waals surface area contributed by atoms with E-state index < -0.39 is 5.54 Å². The number of carbonyl (C=O) groups is 1. The van der Waals surface area contributed by atoms with Crippen molar-refractivity contribution in [2.45, 2.75) is 58.3 Å². The minimum atomic E-state index is -0.870. The average molecular weight is 329 g/mol. The zero-order valence-corrected chi connectivity index (χ0v) is 15.6. The highest BCUT2D eigenvalue weighted by molar-refractivity contribution is 5.88. The van der Waals surface area contributed by atoms with Crippen LogP contribution in [-0.2, 0) is 14.3 Å². The summed E-state index contributed by atoms with van der Waals surface area (Å²) in [5.74, 6) is -0.104.